The van der Waals surface area contributed by atoms with Gasteiger partial charge in [-0.15, -0.1) is 0 Å². The predicted octanol–water partition coefficient (Wildman–Crippen LogP) is 1.56. The Kier molecular flexibility index (Phi) is 3.56. The van der Waals surface area contributed by atoms with E-state index in [1.54, 1.807) is 0 Å². The molecule has 4 nitrogen and oxygen atoms in total. The summed E-state index contributed by atoms with van der Waals surface area (Å²) in [7, 11) is 0. The van der Waals surface area contributed by atoms with E-state index in [4.69, 9.17) is 0 Å². The van der Waals surface area contributed by atoms with Crippen molar-refractivity contribution in [1.29, 1.82) is 0 Å². The van der Waals surface area contributed by atoms with Gasteiger partial charge in [-0.2, -0.15) is 0 Å². The minimum atomic E-state index is -0.154. The van der Waals surface area contributed by atoms with E-state index in [2.05, 4.69) is 29.0 Å². The van der Waals surface area contributed by atoms with E-state index >= 15 is 0 Å². The molecule has 2 unspecified atom stereocenters. The zero-order valence-electron chi connectivity index (χ0n) is 12.3. The van der Waals surface area contributed by atoms with Crippen LogP contribution in [0.25, 0.3) is 0 Å². The highest BCUT2D eigenvalue weighted by molar-refractivity contribution is 5.92. The van der Waals surface area contributed by atoms with E-state index in [9.17, 15) is 4.79 Å². The average molecular weight is 265 g/mol. The lowest BCUT2D eigenvalue weighted by Gasteiger charge is -2.32. The Labute approximate surface area is 116 Å². The Bertz CT molecular complexity index is 347. The van der Waals surface area contributed by atoms with Crippen molar-refractivity contribution < 1.29 is 4.79 Å². The van der Waals surface area contributed by atoms with Crippen LogP contribution in [-0.4, -0.2) is 53.1 Å². The minimum absolute atomic E-state index is 0.154. The average Bonchev–Trinajstić information content (AvgIpc) is 2.86. The van der Waals surface area contributed by atoms with Gasteiger partial charge >= 0.3 is 0 Å². The molecule has 0 bridgehead atoms. The van der Waals surface area contributed by atoms with Crippen molar-refractivity contribution in [3.63, 3.8) is 0 Å². The quantitative estimate of drug-likeness (QED) is 0.819. The number of carbonyl (C=O) groups excluding carboxylic acids is 1. The summed E-state index contributed by atoms with van der Waals surface area (Å²) in [6.45, 7) is 7.89. The SMILES string of the molecule is CCCC1NC2(CC2)C(=O)N1C(C)CN1CCCC1. The fourth-order valence-electron chi connectivity index (χ4n) is 3.74. The zero-order valence-corrected chi connectivity index (χ0v) is 12.3. The number of rotatable bonds is 5. The van der Waals surface area contributed by atoms with E-state index in [1.165, 1.54) is 25.9 Å². The molecule has 19 heavy (non-hydrogen) atoms. The summed E-state index contributed by atoms with van der Waals surface area (Å²) in [6.07, 6.45) is 7.21. The van der Waals surface area contributed by atoms with Crippen molar-refractivity contribution in [3.05, 3.63) is 0 Å². The van der Waals surface area contributed by atoms with Crippen molar-refractivity contribution >= 4 is 5.91 Å². The van der Waals surface area contributed by atoms with Gasteiger partial charge in [0, 0.05) is 12.6 Å². The first-order chi connectivity index (χ1) is 9.16. The van der Waals surface area contributed by atoms with Crippen LogP contribution >= 0.6 is 0 Å². The highest BCUT2D eigenvalue weighted by atomic mass is 16.2. The molecule has 2 atom stereocenters. The number of nitrogens with one attached hydrogen (secondary N) is 1. The van der Waals surface area contributed by atoms with Crippen LogP contribution < -0.4 is 5.32 Å². The van der Waals surface area contributed by atoms with Gasteiger partial charge in [0.15, 0.2) is 0 Å². The van der Waals surface area contributed by atoms with Gasteiger partial charge in [-0.25, -0.2) is 0 Å². The molecule has 2 heterocycles. The Morgan fingerprint density at radius 1 is 1.37 bits per heavy atom. The second-order valence-electron chi connectivity index (χ2n) is 6.60. The lowest BCUT2D eigenvalue weighted by molar-refractivity contribution is -0.133. The lowest BCUT2D eigenvalue weighted by atomic mass is 10.2. The smallest absolute Gasteiger partial charge is 0.244 e. The zero-order chi connectivity index (χ0) is 13.5. The van der Waals surface area contributed by atoms with Gasteiger partial charge in [0.05, 0.1) is 11.7 Å². The Hall–Kier alpha value is -0.610. The third-order valence-electron chi connectivity index (χ3n) is 4.93. The van der Waals surface area contributed by atoms with Crippen LogP contribution in [0.4, 0.5) is 0 Å². The number of nitrogens with zero attached hydrogens (tertiary/aromatic N) is 2. The number of hydrogen-bond acceptors (Lipinski definition) is 3. The molecule has 1 saturated carbocycles. The van der Waals surface area contributed by atoms with Gasteiger partial charge in [-0.1, -0.05) is 13.3 Å². The third-order valence-corrected chi connectivity index (χ3v) is 4.93. The molecule has 3 rings (SSSR count). The summed E-state index contributed by atoms with van der Waals surface area (Å²) in [4.78, 5) is 17.3. The fourth-order valence-corrected chi connectivity index (χ4v) is 3.74. The molecular formula is C15H27N3O. The molecule has 1 N–H and O–H groups in total. The summed E-state index contributed by atoms with van der Waals surface area (Å²) in [5, 5.41) is 3.61. The molecule has 0 aromatic carbocycles. The fraction of sp³-hybridized carbons (Fsp3) is 0.933. The minimum Gasteiger partial charge on any atom is -0.322 e. The van der Waals surface area contributed by atoms with Gasteiger partial charge in [-0.05, 0) is 52.1 Å². The number of carbonyl (C=O) groups is 1. The second kappa shape index (κ2) is 5.06. The summed E-state index contributed by atoms with van der Waals surface area (Å²) in [5.41, 5.74) is -0.154. The second-order valence-corrected chi connectivity index (χ2v) is 6.60. The molecular weight excluding hydrogens is 238 g/mol. The van der Waals surface area contributed by atoms with E-state index < -0.39 is 0 Å². The Balaban J connectivity index is 1.67. The Morgan fingerprint density at radius 2 is 2.05 bits per heavy atom. The van der Waals surface area contributed by atoms with Gasteiger partial charge in [0.2, 0.25) is 5.91 Å². The largest absolute Gasteiger partial charge is 0.322 e. The first-order valence-electron chi connectivity index (χ1n) is 7.99. The van der Waals surface area contributed by atoms with Crippen molar-refractivity contribution in [2.75, 3.05) is 19.6 Å². The van der Waals surface area contributed by atoms with Crippen LogP contribution in [-0.2, 0) is 4.79 Å². The molecule has 2 aliphatic heterocycles. The van der Waals surface area contributed by atoms with E-state index in [0.29, 0.717) is 11.9 Å². The van der Waals surface area contributed by atoms with Gasteiger partial charge in [0.1, 0.15) is 0 Å². The Morgan fingerprint density at radius 3 is 2.63 bits per heavy atom. The van der Waals surface area contributed by atoms with E-state index in [0.717, 1.165) is 32.2 Å². The lowest BCUT2D eigenvalue weighted by Crippen LogP contribution is -2.48. The summed E-state index contributed by atoms with van der Waals surface area (Å²) in [6, 6.07) is 0.342. The van der Waals surface area contributed by atoms with Crippen molar-refractivity contribution in [1.82, 2.24) is 15.1 Å². The summed E-state index contributed by atoms with van der Waals surface area (Å²) < 4.78 is 0. The first-order valence-corrected chi connectivity index (χ1v) is 7.99. The number of hydrogen-bond donors (Lipinski definition) is 1. The number of likely N-dealkylation sites (tertiary alicyclic amines) is 1. The van der Waals surface area contributed by atoms with Crippen LogP contribution in [0.5, 0.6) is 0 Å². The maximum Gasteiger partial charge on any atom is 0.244 e. The monoisotopic (exact) mass is 265 g/mol. The molecule has 1 amide bonds. The topological polar surface area (TPSA) is 35.6 Å². The molecule has 3 aliphatic rings. The molecule has 4 heteroatoms. The van der Waals surface area contributed by atoms with Gasteiger partial charge in [-0.3, -0.25) is 10.1 Å². The molecule has 2 saturated heterocycles. The van der Waals surface area contributed by atoms with Crippen LogP contribution in [0.2, 0.25) is 0 Å². The van der Waals surface area contributed by atoms with Crippen molar-refractivity contribution in [2.24, 2.45) is 0 Å². The predicted molar refractivity (Wildman–Crippen MR) is 75.8 cm³/mol. The molecule has 1 aliphatic carbocycles. The van der Waals surface area contributed by atoms with E-state index in [-0.39, 0.29) is 11.7 Å². The summed E-state index contributed by atoms with van der Waals surface area (Å²) in [5.74, 6) is 0.373. The third kappa shape index (κ3) is 2.40. The molecule has 108 valence electrons. The highest BCUT2D eigenvalue weighted by Crippen LogP contribution is 2.43. The molecule has 0 aromatic rings. The van der Waals surface area contributed by atoms with Crippen LogP contribution in [0.3, 0.4) is 0 Å². The van der Waals surface area contributed by atoms with Crippen LogP contribution in [0.15, 0.2) is 0 Å². The number of amides is 1. The van der Waals surface area contributed by atoms with Crippen molar-refractivity contribution in [2.45, 2.75) is 70.1 Å². The first kappa shape index (κ1) is 13.4. The van der Waals surface area contributed by atoms with Crippen LogP contribution in [0, 0.1) is 0 Å². The standard InChI is InChI=1S/C15H27N3O/c1-3-6-13-16-15(7-8-15)14(19)18(13)12(2)11-17-9-4-5-10-17/h12-13,16H,3-11H2,1-2H3. The van der Waals surface area contributed by atoms with Crippen LogP contribution in [0.1, 0.15) is 52.4 Å². The molecule has 3 fully saturated rings. The van der Waals surface area contributed by atoms with Gasteiger partial charge < -0.3 is 9.80 Å². The van der Waals surface area contributed by atoms with E-state index in [1.807, 2.05) is 0 Å². The van der Waals surface area contributed by atoms with Gasteiger partial charge in [0.25, 0.3) is 0 Å². The van der Waals surface area contributed by atoms with Crippen molar-refractivity contribution in [3.8, 4) is 0 Å². The maximum atomic E-state index is 12.6. The molecule has 1 spiro atoms. The molecule has 0 aromatic heterocycles. The molecule has 0 radical (unpaired) electrons. The normalized spacial score (nSPS) is 31.4. The maximum absolute atomic E-state index is 12.6. The summed E-state index contributed by atoms with van der Waals surface area (Å²) >= 11 is 0. The highest BCUT2D eigenvalue weighted by Gasteiger charge is 2.59.